The van der Waals surface area contributed by atoms with E-state index in [1.54, 1.807) is 30.3 Å². The number of nitrogens with zero attached hydrogens (tertiary/aromatic N) is 4. The zero-order chi connectivity index (χ0) is 24.2. The molecule has 2 aromatic heterocycles. The molecule has 2 atom stereocenters. The lowest BCUT2D eigenvalue weighted by atomic mass is 10.0. The van der Waals surface area contributed by atoms with Gasteiger partial charge in [0.2, 0.25) is 0 Å². The predicted octanol–water partition coefficient (Wildman–Crippen LogP) is 5.40. The van der Waals surface area contributed by atoms with E-state index in [1.165, 1.54) is 12.1 Å². The van der Waals surface area contributed by atoms with Gasteiger partial charge in [-0.15, -0.1) is 0 Å². The van der Waals surface area contributed by atoms with Gasteiger partial charge in [0.25, 0.3) is 5.88 Å². The van der Waals surface area contributed by atoms with Gasteiger partial charge in [-0.05, 0) is 50.1 Å². The molecule has 34 heavy (non-hydrogen) atoms. The molecule has 7 nitrogen and oxygen atoms in total. The molecule has 4 rings (SSSR count). The number of fused-ring (bicyclic) bond motifs is 1. The van der Waals surface area contributed by atoms with Crippen molar-refractivity contribution in [2.75, 3.05) is 13.7 Å². The minimum Gasteiger partial charge on any atom is -0.478 e. The summed E-state index contributed by atoms with van der Waals surface area (Å²) in [5, 5.41) is 2.98. The van der Waals surface area contributed by atoms with Gasteiger partial charge in [-0.2, -0.15) is 0 Å². The SMILES string of the molecule is CCN(C(=O)N[C@H](C)c1cccc(F)c1)[C@H](C)c1cccc(-c2cn3ccnc3c(OC)n2)c1. The van der Waals surface area contributed by atoms with Gasteiger partial charge in [-0.3, -0.25) is 0 Å². The quantitative estimate of drug-likeness (QED) is 0.400. The molecule has 0 bridgehead atoms. The minimum atomic E-state index is -0.325. The Bertz CT molecular complexity index is 1310. The molecule has 1 N–H and O–H groups in total. The van der Waals surface area contributed by atoms with Crippen LogP contribution in [0.4, 0.5) is 9.18 Å². The van der Waals surface area contributed by atoms with Crippen LogP contribution in [0.2, 0.25) is 0 Å². The number of rotatable bonds is 7. The summed E-state index contributed by atoms with van der Waals surface area (Å²) in [4.78, 5) is 23.7. The first-order valence-corrected chi connectivity index (χ1v) is 11.2. The number of hydrogen-bond acceptors (Lipinski definition) is 4. The van der Waals surface area contributed by atoms with E-state index >= 15 is 0 Å². The van der Waals surface area contributed by atoms with Crippen LogP contribution in [0.3, 0.4) is 0 Å². The highest BCUT2D eigenvalue weighted by atomic mass is 19.1. The summed E-state index contributed by atoms with van der Waals surface area (Å²) in [7, 11) is 1.57. The Hall–Kier alpha value is -3.94. The molecule has 0 unspecified atom stereocenters. The summed E-state index contributed by atoms with van der Waals surface area (Å²) in [5.41, 5.74) is 3.98. The number of methoxy groups -OCH3 is 1. The number of ether oxygens (including phenoxy) is 1. The fourth-order valence-corrected chi connectivity index (χ4v) is 4.04. The van der Waals surface area contributed by atoms with Crippen LogP contribution in [0.1, 0.15) is 44.0 Å². The maximum absolute atomic E-state index is 13.6. The first kappa shape index (κ1) is 23.2. The summed E-state index contributed by atoms with van der Waals surface area (Å²) in [6.45, 7) is 6.28. The Labute approximate surface area is 198 Å². The van der Waals surface area contributed by atoms with Crippen LogP contribution in [-0.2, 0) is 0 Å². The van der Waals surface area contributed by atoms with Crippen molar-refractivity contribution in [1.82, 2.24) is 24.6 Å². The first-order chi connectivity index (χ1) is 16.4. The number of urea groups is 1. The van der Waals surface area contributed by atoms with E-state index in [2.05, 4.69) is 15.3 Å². The molecular formula is C26H28FN5O2. The molecule has 2 amide bonds. The average molecular weight is 462 g/mol. The topological polar surface area (TPSA) is 71.8 Å². The summed E-state index contributed by atoms with van der Waals surface area (Å²) in [6, 6.07) is 13.5. The first-order valence-electron chi connectivity index (χ1n) is 11.2. The van der Waals surface area contributed by atoms with Gasteiger partial charge >= 0.3 is 6.03 Å². The molecule has 2 aromatic carbocycles. The van der Waals surface area contributed by atoms with Crippen molar-refractivity contribution < 1.29 is 13.9 Å². The minimum absolute atomic E-state index is 0.191. The van der Waals surface area contributed by atoms with Crippen LogP contribution in [0.5, 0.6) is 5.88 Å². The largest absolute Gasteiger partial charge is 0.478 e. The number of hydrogen-bond donors (Lipinski definition) is 1. The van der Waals surface area contributed by atoms with Crippen molar-refractivity contribution in [2.24, 2.45) is 0 Å². The van der Waals surface area contributed by atoms with Crippen molar-refractivity contribution in [3.8, 4) is 17.1 Å². The number of halogens is 1. The van der Waals surface area contributed by atoms with Gasteiger partial charge in [0, 0.05) is 30.7 Å². The third kappa shape index (κ3) is 4.71. The Balaban J connectivity index is 1.56. The molecule has 0 aliphatic carbocycles. The van der Waals surface area contributed by atoms with Crippen molar-refractivity contribution in [2.45, 2.75) is 32.9 Å². The summed E-state index contributed by atoms with van der Waals surface area (Å²) in [5.74, 6) is 0.122. The van der Waals surface area contributed by atoms with Crippen molar-refractivity contribution in [1.29, 1.82) is 0 Å². The van der Waals surface area contributed by atoms with Crippen molar-refractivity contribution >= 4 is 11.7 Å². The molecule has 0 fully saturated rings. The van der Waals surface area contributed by atoms with Gasteiger partial charge in [-0.1, -0.05) is 30.3 Å². The second-order valence-corrected chi connectivity index (χ2v) is 8.11. The molecule has 0 aliphatic heterocycles. The molecule has 0 radical (unpaired) electrons. The Morgan fingerprint density at radius 2 is 1.94 bits per heavy atom. The number of imidazole rings is 1. The Morgan fingerprint density at radius 3 is 2.68 bits per heavy atom. The maximum atomic E-state index is 13.6. The van der Waals surface area contributed by atoms with E-state index in [4.69, 9.17) is 4.74 Å². The smallest absolute Gasteiger partial charge is 0.318 e. The van der Waals surface area contributed by atoms with Gasteiger partial charge in [-0.25, -0.2) is 19.2 Å². The van der Waals surface area contributed by atoms with Gasteiger partial charge < -0.3 is 19.4 Å². The van der Waals surface area contributed by atoms with E-state index in [9.17, 15) is 9.18 Å². The van der Waals surface area contributed by atoms with Crippen LogP contribution in [-0.4, -0.2) is 39.0 Å². The summed E-state index contributed by atoms with van der Waals surface area (Å²) >= 11 is 0. The highest BCUT2D eigenvalue weighted by Gasteiger charge is 2.22. The molecule has 0 saturated carbocycles. The highest BCUT2D eigenvalue weighted by Crippen LogP contribution is 2.28. The highest BCUT2D eigenvalue weighted by molar-refractivity contribution is 5.75. The maximum Gasteiger partial charge on any atom is 0.318 e. The Kier molecular flexibility index (Phi) is 6.77. The third-order valence-corrected chi connectivity index (χ3v) is 5.96. The third-order valence-electron chi connectivity index (χ3n) is 5.96. The standard InChI is InChI=1S/C26H28FN5O2/c1-5-32(26(33)29-17(2)19-8-7-11-22(27)15-19)18(3)20-9-6-10-21(14-20)23-16-31-13-12-28-24(31)25(30-23)34-4/h6-18H,5H2,1-4H3,(H,29,33)/t17-,18-/m1/s1. The molecule has 2 heterocycles. The predicted molar refractivity (Wildman–Crippen MR) is 129 cm³/mol. The average Bonchev–Trinajstić information content (AvgIpc) is 3.32. The van der Waals surface area contributed by atoms with E-state index in [1.807, 2.05) is 61.8 Å². The lowest BCUT2D eigenvalue weighted by Crippen LogP contribution is -2.42. The van der Waals surface area contributed by atoms with E-state index in [0.29, 0.717) is 23.6 Å². The molecule has 176 valence electrons. The molecule has 0 saturated heterocycles. The van der Waals surface area contributed by atoms with Crippen molar-refractivity contribution in [3.63, 3.8) is 0 Å². The molecule has 8 heteroatoms. The molecule has 0 aliphatic rings. The molecule has 4 aromatic rings. The van der Waals surface area contributed by atoms with Crippen LogP contribution >= 0.6 is 0 Å². The van der Waals surface area contributed by atoms with Crippen molar-refractivity contribution in [3.05, 3.63) is 84.1 Å². The fourth-order valence-electron chi connectivity index (χ4n) is 4.04. The zero-order valence-corrected chi connectivity index (χ0v) is 19.7. The van der Waals surface area contributed by atoms with Crippen LogP contribution in [0.25, 0.3) is 16.9 Å². The lowest BCUT2D eigenvalue weighted by molar-refractivity contribution is 0.179. The zero-order valence-electron chi connectivity index (χ0n) is 19.7. The number of amides is 2. The second kappa shape index (κ2) is 9.91. The number of aromatic nitrogens is 3. The number of carbonyl (C=O) groups is 1. The monoisotopic (exact) mass is 461 g/mol. The summed E-state index contributed by atoms with van der Waals surface area (Å²) in [6.07, 6.45) is 5.45. The van der Waals surface area contributed by atoms with Gasteiger partial charge in [0.1, 0.15) is 5.82 Å². The van der Waals surface area contributed by atoms with Gasteiger partial charge in [0.05, 0.1) is 24.9 Å². The second-order valence-electron chi connectivity index (χ2n) is 8.11. The number of nitrogens with one attached hydrogen (secondary N) is 1. The lowest BCUT2D eigenvalue weighted by Gasteiger charge is -2.30. The molecular weight excluding hydrogens is 433 g/mol. The van der Waals surface area contributed by atoms with Crippen LogP contribution in [0.15, 0.2) is 67.1 Å². The van der Waals surface area contributed by atoms with Crippen LogP contribution < -0.4 is 10.1 Å². The van der Waals surface area contributed by atoms with E-state index in [-0.39, 0.29) is 23.9 Å². The normalized spacial score (nSPS) is 12.9. The van der Waals surface area contributed by atoms with Crippen LogP contribution in [0, 0.1) is 5.82 Å². The van der Waals surface area contributed by atoms with E-state index < -0.39 is 0 Å². The fraction of sp³-hybridized carbons (Fsp3) is 0.269. The molecule has 0 spiro atoms. The Morgan fingerprint density at radius 1 is 1.18 bits per heavy atom. The van der Waals surface area contributed by atoms with Gasteiger partial charge in [0.15, 0.2) is 5.65 Å². The summed E-state index contributed by atoms with van der Waals surface area (Å²) < 4.78 is 20.9. The number of benzene rings is 2. The number of carbonyl (C=O) groups excluding carboxylic acids is 1. The van der Waals surface area contributed by atoms with E-state index in [0.717, 1.165) is 16.8 Å².